The van der Waals surface area contributed by atoms with E-state index in [1.165, 1.54) is 0 Å². The summed E-state index contributed by atoms with van der Waals surface area (Å²) in [7, 11) is 1.59. The molecular weight excluding hydrogens is 316 g/mol. The Morgan fingerprint density at radius 1 is 1.17 bits per heavy atom. The first kappa shape index (κ1) is 17.0. The molecule has 0 bridgehead atoms. The highest BCUT2D eigenvalue weighted by molar-refractivity contribution is 6.30. The first-order chi connectivity index (χ1) is 11.1. The average Bonchev–Trinajstić information content (AvgIpc) is 2.54. The summed E-state index contributed by atoms with van der Waals surface area (Å²) >= 11 is 5.88. The lowest BCUT2D eigenvalue weighted by Crippen LogP contribution is -2.32. The summed E-state index contributed by atoms with van der Waals surface area (Å²) in [4.78, 5) is 11.8. The van der Waals surface area contributed by atoms with Crippen molar-refractivity contribution < 1.29 is 14.3 Å². The molecule has 2 amide bonds. The number of nitrogens with one attached hydrogen (secondary N) is 2. The molecule has 23 heavy (non-hydrogen) atoms. The molecule has 5 nitrogen and oxygen atoms in total. The quantitative estimate of drug-likeness (QED) is 0.789. The van der Waals surface area contributed by atoms with E-state index in [-0.39, 0.29) is 6.03 Å². The first-order valence-corrected chi connectivity index (χ1v) is 7.55. The number of rotatable bonds is 6. The molecule has 0 aromatic heterocycles. The molecule has 0 saturated heterocycles. The lowest BCUT2D eigenvalue weighted by molar-refractivity contribution is 0.246. The van der Waals surface area contributed by atoms with Crippen LogP contribution in [0, 0.1) is 6.92 Å². The van der Waals surface area contributed by atoms with Crippen molar-refractivity contribution in [3.63, 3.8) is 0 Å². The smallest absolute Gasteiger partial charge is 0.319 e. The fourth-order valence-corrected chi connectivity index (χ4v) is 2.22. The van der Waals surface area contributed by atoms with Gasteiger partial charge in [-0.25, -0.2) is 4.79 Å². The molecule has 2 aromatic rings. The molecule has 2 N–H and O–H groups in total. The van der Waals surface area contributed by atoms with Gasteiger partial charge in [0.15, 0.2) is 11.5 Å². The van der Waals surface area contributed by atoms with Crippen LogP contribution in [0.15, 0.2) is 42.5 Å². The van der Waals surface area contributed by atoms with E-state index in [2.05, 4.69) is 10.6 Å². The van der Waals surface area contributed by atoms with E-state index in [1.54, 1.807) is 25.3 Å². The summed E-state index contributed by atoms with van der Waals surface area (Å²) in [6.45, 7) is 2.59. The van der Waals surface area contributed by atoms with Crippen LogP contribution < -0.4 is 20.1 Å². The number of carbonyl (C=O) groups excluding carboxylic acids is 1. The molecule has 0 aliphatic heterocycles. The fraction of sp³-hybridized carbons (Fsp3) is 0.235. The Balaban J connectivity index is 1.76. The van der Waals surface area contributed by atoms with Crippen molar-refractivity contribution in [1.29, 1.82) is 0 Å². The molecule has 0 heterocycles. The van der Waals surface area contributed by atoms with Crippen LogP contribution in [0.2, 0.25) is 5.02 Å². The lowest BCUT2D eigenvalue weighted by Gasteiger charge is -2.12. The van der Waals surface area contributed by atoms with Crippen LogP contribution in [0.25, 0.3) is 0 Å². The zero-order chi connectivity index (χ0) is 16.7. The maximum atomic E-state index is 11.8. The van der Waals surface area contributed by atoms with E-state index in [1.807, 2.05) is 31.2 Å². The molecule has 0 spiro atoms. The number of ether oxygens (including phenoxy) is 2. The van der Waals surface area contributed by atoms with Crippen molar-refractivity contribution in [2.24, 2.45) is 0 Å². The van der Waals surface area contributed by atoms with Gasteiger partial charge in [-0.15, -0.1) is 0 Å². The zero-order valence-electron chi connectivity index (χ0n) is 13.1. The number of urea groups is 1. The minimum absolute atomic E-state index is 0.293. The fourth-order valence-electron chi connectivity index (χ4n) is 2.00. The highest BCUT2D eigenvalue weighted by Crippen LogP contribution is 2.25. The SMILES string of the molecule is COc1ccccc1OCCNC(=O)Nc1ccc(Cl)cc1C. The van der Waals surface area contributed by atoms with E-state index in [4.69, 9.17) is 21.1 Å². The number of hydrogen-bond acceptors (Lipinski definition) is 3. The Hall–Kier alpha value is -2.40. The third kappa shape index (κ3) is 5.07. The molecule has 2 aromatic carbocycles. The molecule has 0 unspecified atom stereocenters. The molecule has 2 rings (SSSR count). The summed E-state index contributed by atoms with van der Waals surface area (Å²) in [5.41, 5.74) is 1.62. The number of aryl methyl sites for hydroxylation is 1. The van der Waals surface area contributed by atoms with Gasteiger partial charge in [-0.3, -0.25) is 0 Å². The van der Waals surface area contributed by atoms with E-state index in [0.717, 1.165) is 11.3 Å². The van der Waals surface area contributed by atoms with Gasteiger partial charge in [-0.2, -0.15) is 0 Å². The Morgan fingerprint density at radius 2 is 1.91 bits per heavy atom. The molecule has 0 aliphatic rings. The average molecular weight is 335 g/mol. The summed E-state index contributed by atoms with van der Waals surface area (Å²) in [5.74, 6) is 1.31. The van der Waals surface area contributed by atoms with Gasteiger partial charge in [0, 0.05) is 10.7 Å². The molecule has 0 fully saturated rings. The van der Waals surface area contributed by atoms with E-state index >= 15 is 0 Å². The minimum atomic E-state index is -0.293. The van der Waals surface area contributed by atoms with Crippen molar-refractivity contribution in [3.05, 3.63) is 53.1 Å². The monoisotopic (exact) mass is 334 g/mol. The van der Waals surface area contributed by atoms with Gasteiger partial charge in [0.1, 0.15) is 6.61 Å². The predicted molar refractivity (Wildman–Crippen MR) is 91.7 cm³/mol. The molecule has 122 valence electrons. The van der Waals surface area contributed by atoms with Gasteiger partial charge < -0.3 is 20.1 Å². The Bertz CT molecular complexity index is 677. The number of halogens is 1. The van der Waals surface area contributed by atoms with Crippen molar-refractivity contribution in [1.82, 2.24) is 5.32 Å². The standard InChI is InChI=1S/C17H19ClN2O3/c1-12-11-13(18)7-8-14(12)20-17(21)19-9-10-23-16-6-4-3-5-15(16)22-2/h3-8,11H,9-10H2,1-2H3,(H2,19,20,21). The molecular formula is C17H19ClN2O3. The van der Waals surface area contributed by atoms with Crippen LogP contribution in [-0.4, -0.2) is 26.3 Å². The van der Waals surface area contributed by atoms with Crippen molar-refractivity contribution in [3.8, 4) is 11.5 Å². The number of carbonyl (C=O) groups is 1. The number of benzene rings is 2. The predicted octanol–water partition coefficient (Wildman–Crippen LogP) is 3.86. The van der Waals surface area contributed by atoms with Crippen LogP contribution in [0.4, 0.5) is 10.5 Å². The summed E-state index contributed by atoms with van der Waals surface area (Å²) in [6, 6.07) is 12.4. The molecule has 0 saturated carbocycles. The van der Waals surface area contributed by atoms with Crippen LogP contribution in [0.3, 0.4) is 0 Å². The van der Waals surface area contributed by atoms with Gasteiger partial charge >= 0.3 is 6.03 Å². The third-order valence-electron chi connectivity index (χ3n) is 3.15. The highest BCUT2D eigenvalue weighted by atomic mass is 35.5. The number of anilines is 1. The van der Waals surface area contributed by atoms with E-state index in [9.17, 15) is 4.79 Å². The van der Waals surface area contributed by atoms with Gasteiger partial charge in [0.2, 0.25) is 0 Å². The summed E-state index contributed by atoms with van der Waals surface area (Å²) in [5, 5.41) is 6.14. The zero-order valence-corrected chi connectivity index (χ0v) is 13.8. The topological polar surface area (TPSA) is 59.6 Å². The van der Waals surface area contributed by atoms with Gasteiger partial charge in [0.05, 0.1) is 13.7 Å². The van der Waals surface area contributed by atoms with E-state index in [0.29, 0.717) is 29.7 Å². The van der Waals surface area contributed by atoms with Crippen molar-refractivity contribution in [2.75, 3.05) is 25.6 Å². The number of amides is 2. The maximum Gasteiger partial charge on any atom is 0.319 e. The summed E-state index contributed by atoms with van der Waals surface area (Å²) in [6.07, 6.45) is 0. The maximum absolute atomic E-state index is 11.8. The second-order valence-corrected chi connectivity index (χ2v) is 5.28. The van der Waals surface area contributed by atoms with Gasteiger partial charge in [-0.05, 0) is 42.8 Å². The minimum Gasteiger partial charge on any atom is -0.493 e. The normalized spacial score (nSPS) is 10.0. The third-order valence-corrected chi connectivity index (χ3v) is 3.39. The van der Waals surface area contributed by atoms with Crippen molar-refractivity contribution in [2.45, 2.75) is 6.92 Å². The molecule has 6 heteroatoms. The number of methoxy groups -OCH3 is 1. The second kappa shape index (κ2) is 8.29. The highest BCUT2D eigenvalue weighted by Gasteiger charge is 2.05. The molecule has 0 atom stereocenters. The number of hydrogen-bond donors (Lipinski definition) is 2. The summed E-state index contributed by atoms with van der Waals surface area (Å²) < 4.78 is 10.8. The van der Waals surface area contributed by atoms with Crippen LogP contribution in [-0.2, 0) is 0 Å². The second-order valence-electron chi connectivity index (χ2n) is 4.84. The first-order valence-electron chi connectivity index (χ1n) is 7.17. The van der Waals surface area contributed by atoms with Crippen LogP contribution >= 0.6 is 11.6 Å². The Labute approximate surface area is 140 Å². The van der Waals surface area contributed by atoms with Crippen molar-refractivity contribution >= 4 is 23.3 Å². The lowest BCUT2D eigenvalue weighted by atomic mass is 10.2. The van der Waals surface area contributed by atoms with Gasteiger partial charge in [-0.1, -0.05) is 23.7 Å². The van der Waals surface area contributed by atoms with Crippen LogP contribution in [0.1, 0.15) is 5.56 Å². The van der Waals surface area contributed by atoms with Gasteiger partial charge in [0.25, 0.3) is 0 Å². The van der Waals surface area contributed by atoms with E-state index < -0.39 is 0 Å². The Morgan fingerprint density at radius 3 is 2.61 bits per heavy atom. The molecule has 0 aliphatic carbocycles. The molecule has 0 radical (unpaired) electrons. The largest absolute Gasteiger partial charge is 0.493 e. The van der Waals surface area contributed by atoms with Crippen LogP contribution in [0.5, 0.6) is 11.5 Å². The number of para-hydroxylation sites is 2. The Kier molecular flexibility index (Phi) is 6.11.